The van der Waals surface area contributed by atoms with Gasteiger partial charge in [0, 0.05) is 16.7 Å². The standard InChI is InChI=1S/C31H29NO3/c1-34-31(33)26-20-17-22(18-21-26)16-19-23-10-8-9-15-27(23)30-32-28(24-11-4-2-5-12-24)29(35-30)25-13-6-3-7-14-25/h2-7,11-15,17-18,20-21,23H,8-10,16,19H2,1H3. The maximum absolute atomic E-state index is 11.7. The smallest absolute Gasteiger partial charge is 0.337 e. The zero-order chi connectivity index (χ0) is 24.0. The minimum absolute atomic E-state index is 0.304. The summed E-state index contributed by atoms with van der Waals surface area (Å²) < 4.78 is 11.3. The first-order chi connectivity index (χ1) is 17.2. The predicted octanol–water partition coefficient (Wildman–Crippen LogP) is 7.61. The molecule has 176 valence electrons. The lowest BCUT2D eigenvalue weighted by Crippen LogP contribution is -2.10. The van der Waals surface area contributed by atoms with Crippen molar-refractivity contribution in [2.24, 2.45) is 5.92 Å². The number of aryl methyl sites for hydroxylation is 1. The average Bonchev–Trinajstić information content (AvgIpc) is 3.38. The van der Waals surface area contributed by atoms with Crippen LogP contribution in [0.5, 0.6) is 0 Å². The van der Waals surface area contributed by atoms with E-state index in [4.69, 9.17) is 14.1 Å². The van der Waals surface area contributed by atoms with Gasteiger partial charge in [0.15, 0.2) is 5.76 Å². The molecule has 0 bridgehead atoms. The molecule has 1 atom stereocenters. The molecule has 1 heterocycles. The summed E-state index contributed by atoms with van der Waals surface area (Å²) in [5.41, 5.74) is 5.97. The molecule has 0 fully saturated rings. The predicted molar refractivity (Wildman–Crippen MR) is 139 cm³/mol. The molecule has 1 unspecified atom stereocenters. The Morgan fingerprint density at radius 1 is 0.943 bits per heavy atom. The second-order valence-corrected chi connectivity index (χ2v) is 8.94. The number of oxazole rings is 1. The topological polar surface area (TPSA) is 52.3 Å². The molecule has 3 aromatic carbocycles. The normalized spacial score (nSPS) is 15.5. The van der Waals surface area contributed by atoms with Gasteiger partial charge in [-0.2, -0.15) is 0 Å². The number of esters is 1. The third-order valence-corrected chi connectivity index (χ3v) is 6.67. The molecule has 4 aromatic rings. The van der Waals surface area contributed by atoms with Crippen LogP contribution in [0.25, 0.3) is 28.2 Å². The fourth-order valence-electron chi connectivity index (χ4n) is 4.79. The maximum atomic E-state index is 11.7. The number of hydrogen-bond donors (Lipinski definition) is 0. The summed E-state index contributed by atoms with van der Waals surface area (Å²) in [6.07, 6.45) is 7.59. The minimum atomic E-state index is -0.304. The highest BCUT2D eigenvalue weighted by Crippen LogP contribution is 2.40. The van der Waals surface area contributed by atoms with Crippen molar-refractivity contribution in [2.75, 3.05) is 7.11 Å². The van der Waals surface area contributed by atoms with E-state index in [0.717, 1.165) is 54.2 Å². The van der Waals surface area contributed by atoms with Crippen molar-refractivity contribution >= 4 is 11.5 Å². The monoisotopic (exact) mass is 463 g/mol. The Bertz CT molecular complexity index is 1250. The quantitative estimate of drug-likeness (QED) is 0.265. The lowest BCUT2D eigenvalue weighted by Gasteiger charge is -2.22. The van der Waals surface area contributed by atoms with Gasteiger partial charge in [-0.25, -0.2) is 9.78 Å². The fraction of sp³-hybridized carbons (Fsp3) is 0.226. The minimum Gasteiger partial charge on any atom is -0.465 e. The van der Waals surface area contributed by atoms with Crippen LogP contribution in [0, 0.1) is 5.92 Å². The van der Waals surface area contributed by atoms with Crippen LogP contribution in [-0.4, -0.2) is 18.1 Å². The van der Waals surface area contributed by atoms with E-state index < -0.39 is 0 Å². The van der Waals surface area contributed by atoms with E-state index in [9.17, 15) is 4.79 Å². The zero-order valence-electron chi connectivity index (χ0n) is 19.9. The van der Waals surface area contributed by atoms with Crippen LogP contribution >= 0.6 is 0 Å². The summed E-state index contributed by atoms with van der Waals surface area (Å²) in [5.74, 6) is 1.63. The number of allylic oxidation sites excluding steroid dienone is 2. The summed E-state index contributed by atoms with van der Waals surface area (Å²) >= 11 is 0. The number of methoxy groups -OCH3 is 1. The number of benzene rings is 3. The summed E-state index contributed by atoms with van der Waals surface area (Å²) in [5, 5.41) is 0. The van der Waals surface area contributed by atoms with Crippen LogP contribution in [0.4, 0.5) is 0 Å². The molecule has 1 aliphatic carbocycles. The van der Waals surface area contributed by atoms with Crippen molar-refractivity contribution in [3.63, 3.8) is 0 Å². The van der Waals surface area contributed by atoms with Gasteiger partial charge in [-0.1, -0.05) is 78.9 Å². The van der Waals surface area contributed by atoms with Crippen LogP contribution in [0.2, 0.25) is 0 Å². The molecule has 0 aliphatic heterocycles. The van der Waals surface area contributed by atoms with Gasteiger partial charge in [0.05, 0.1) is 12.7 Å². The van der Waals surface area contributed by atoms with Gasteiger partial charge in [-0.05, 0) is 55.7 Å². The molecule has 4 nitrogen and oxygen atoms in total. The van der Waals surface area contributed by atoms with Crippen LogP contribution in [0.15, 0.2) is 95.4 Å². The van der Waals surface area contributed by atoms with Gasteiger partial charge >= 0.3 is 5.97 Å². The molecular weight excluding hydrogens is 434 g/mol. The number of rotatable bonds is 7. The lowest BCUT2D eigenvalue weighted by atomic mass is 9.83. The molecule has 4 heteroatoms. The lowest BCUT2D eigenvalue weighted by molar-refractivity contribution is 0.0600. The molecule has 0 saturated heterocycles. The molecule has 0 N–H and O–H groups in total. The van der Waals surface area contributed by atoms with Gasteiger partial charge in [0.25, 0.3) is 0 Å². The van der Waals surface area contributed by atoms with Crippen LogP contribution < -0.4 is 0 Å². The van der Waals surface area contributed by atoms with Gasteiger partial charge in [0.1, 0.15) is 5.69 Å². The van der Waals surface area contributed by atoms with Crippen molar-refractivity contribution in [1.82, 2.24) is 4.98 Å². The van der Waals surface area contributed by atoms with Crippen molar-refractivity contribution in [2.45, 2.75) is 32.1 Å². The summed E-state index contributed by atoms with van der Waals surface area (Å²) in [6, 6.07) is 28.2. The van der Waals surface area contributed by atoms with Gasteiger partial charge in [-0.3, -0.25) is 0 Å². The first-order valence-corrected chi connectivity index (χ1v) is 12.2. The average molecular weight is 464 g/mol. The molecule has 1 aliphatic rings. The molecular formula is C31H29NO3. The highest BCUT2D eigenvalue weighted by Gasteiger charge is 2.26. The largest absolute Gasteiger partial charge is 0.465 e. The molecule has 0 radical (unpaired) electrons. The number of nitrogens with zero attached hydrogens (tertiary/aromatic N) is 1. The number of aromatic nitrogens is 1. The molecule has 0 saturated carbocycles. The first-order valence-electron chi connectivity index (χ1n) is 12.2. The molecule has 35 heavy (non-hydrogen) atoms. The second kappa shape index (κ2) is 10.6. The third kappa shape index (κ3) is 5.12. The van der Waals surface area contributed by atoms with Crippen molar-refractivity contribution in [3.05, 3.63) is 108 Å². The highest BCUT2D eigenvalue weighted by molar-refractivity contribution is 5.89. The van der Waals surface area contributed by atoms with E-state index in [-0.39, 0.29) is 5.97 Å². The highest BCUT2D eigenvalue weighted by atomic mass is 16.5. The number of ether oxygens (including phenoxy) is 1. The van der Waals surface area contributed by atoms with Gasteiger partial charge in [0.2, 0.25) is 5.89 Å². The van der Waals surface area contributed by atoms with Gasteiger partial charge < -0.3 is 9.15 Å². The molecule has 1 aromatic heterocycles. The second-order valence-electron chi connectivity index (χ2n) is 8.94. The fourth-order valence-corrected chi connectivity index (χ4v) is 4.79. The third-order valence-electron chi connectivity index (χ3n) is 6.67. The molecule has 0 amide bonds. The van der Waals surface area contributed by atoms with Crippen molar-refractivity contribution < 1.29 is 13.9 Å². The van der Waals surface area contributed by atoms with E-state index in [2.05, 4.69) is 30.3 Å². The Labute approximate surface area is 206 Å². The van der Waals surface area contributed by atoms with E-state index in [0.29, 0.717) is 11.5 Å². The SMILES string of the molecule is COC(=O)c1ccc(CCC2CCCC=C2c2nc(-c3ccccc3)c(-c3ccccc3)o2)cc1. The summed E-state index contributed by atoms with van der Waals surface area (Å²) in [7, 11) is 1.41. The van der Waals surface area contributed by atoms with Crippen molar-refractivity contribution in [1.29, 1.82) is 0 Å². The Morgan fingerprint density at radius 2 is 1.63 bits per heavy atom. The molecule has 0 spiro atoms. The number of carbonyl (C=O) groups excluding carboxylic acids is 1. The van der Waals surface area contributed by atoms with E-state index in [1.807, 2.05) is 60.7 Å². The van der Waals surface area contributed by atoms with Crippen molar-refractivity contribution in [3.8, 4) is 22.6 Å². The van der Waals surface area contributed by atoms with Gasteiger partial charge in [-0.15, -0.1) is 0 Å². The Hall–Kier alpha value is -3.92. The van der Waals surface area contributed by atoms with E-state index in [1.54, 1.807) is 0 Å². The Morgan fingerprint density at radius 3 is 2.31 bits per heavy atom. The Balaban J connectivity index is 1.41. The summed E-state index contributed by atoms with van der Waals surface area (Å²) in [6.45, 7) is 0. The van der Waals surface area contributed by atoms with E-state index in [1.165, 1.54) is 24.7 Å². The summed E-state index contributed by atoms with van der Waals surface area (Å²) in [4.78, 5) is 16.8. The van der Waals surface area contributed by atoms with Crippen LogP contribution in [0.1, 0.15) is 47.5 Å². The Kier molecular flexibility index (Phi) is 6.89. The number of hydrogen-bond acceptors (Lipinski definition) is 4. The maximum Gasteiger partial charge on any atom is 0.337 e. The zero-order valence-corrected chi connectivity index (χ0v) is 19.9. The van der Waals surface area contributed by atoms with E-state index >= 15 is 0 Å². The van der Waals surface area contributed by atoms with Crippen LogP contribution in [-0.2, 0) is 11.2 Å². The molecule has 5 rings (SSSR count). The first kappa shape index (κ1) is 22.9. The number of carbonyl (C=O) groups is 1. The van der Waals surface area contributed by atoms with Crippen LogP contribution in [0.3, 0.4) is 0 Å².